The smallest absolute Gasteiger partial charge is 0.243 e. The standard InChI is InChI=1S/C18H21BrN2O2S/c1-14-2-8-18(9-3-14)24(22,23)21-12-10-17(11-13-21)20-16-6-4-15(19)5-7-16/h2-9,17,20H,10-13H2,1H3. The van der Waals surface area contributed by atoms with Gasteiger partial charge in [-0.15, -0.1) is 0 Å². The molecule has 0 bridgehead atoms. The predicted molar refractivity (Wildman–Crippen MR) is 101 cm³/mol. The number of sulfonamides is 1. The van der Waals surface area contributed by atoms with Crippen molar-refractivity contribution in [2.24, 2.45) is 0 Å². The second kappa shape index (κ2) is 7.25. The zero-order chi connectivity index (χ0) is 17.2. The molecule has 2 aromatic rings. The number of halogens is 1. The van der Waals surface area contributed by atoms with Crippen LogP contribution in [0.4, 0.5) is 5.69 Å². The van der Waals surface area contributed by atoms with E-state index in [1.807, 2.05) is 43.3 Å². The van der Waals surface area contributed by atoms with Crippen molar-refractivity contribution in [2.45, 2.75) is 30.7 Å². The maximum Gasteiger partial charge on any atom is 0.243 e. The van der Waals surface area contributed by atoms with E-state index in [0.29, 0.717) is 24.0 Å². The molecule has 1 heterocycles. The molecule has 1 fully saturated rings. The minimum atomic E-state index is -3.38. The number of aryl methyl sites for hydroxylation is 1. The molecule has 1 aliphatic rings. The van der Waals surface area contributed by atoms with Gasteiger partial charge < -0.3 is 5.32 Å². The van der Waals surface area contributed by atoms with Crippen LogP contribution in [0.2, 0.25) is 0 Å². The first-order valence-corrected chi connectivity index (χ1v) is 10.3. The van der Waals surface area contributed by atoms with E-state index in [4.69, 9.17) is 0 Å². The van der Waals surface area contributed by atoms with Crippen molar-refractivity contribution in [3.8, 4) is 0 Å². The van der Waals surface area contributed by atoms with Crippen LogP contribution in [-0.4, -0.2) is 31.9 Å². The summed E-state index contributed by atoms with van der Waals surface area (Å²) in [7, 11) is -3.38. The molecular weight excluding hydrogens is 388 g/mol. The molecule has 0 aliphatic carbocycles. The predicted octanol–water partition coefficient (Wildman–Crippen LogP) is 4.02. The average molecular weight is 409 g/mol. The molecule has 0 radical (unpaired) electrons. The number of nitrogens with zero attached hydrogens (tertiary/aromatic N) is 1. The minimum Gasteiger partial charge on any atom is -0.382 e. The lowest BCUT2D eigenvalue weighted by molar-refractivity contribution is 0.330. The van der Waals surface area contributed by atoms with Gasteiger partial charge in [-0.05, 0) is 56.2 Å². The van der Waals surface area contributed by atoms with E-state index in [1.165, 1.54) is 0 Å². The van der Waals surface area contributed by atoms with Crippen molar-refractivity contribution >= 4 is 31.6 Å². The highest BCUT2D eigenvalue weighted by atomic mass is 79.9. The maximum absolute atomic E-state index is 12.7. The van der Waals surface area contributed by atoms with Crippen LogP contribution < -0.4 is 5.32 Å². The van der Waals surface area contributed by atoms with Crippen molar-refractivity contribution in [3.05, 3.63) is 58.6 Å². The maximum atomic E-state index is 12.7. The van der Waals surface area contributed by atoms with Crippen molar-refractivity contribution in [2.75, 3.05) is 18.4 Å². The van der Waals surface area contributed by atoms with E-state index in [0.717, 1.165) is 28.6 Å². The quantitative estimate of drug-likeness (QED) is 0.830. The van der Waals surface area contributed by atoms with Crippen LogP contribution in [0.15, 0.2) is 57.9 Å². The number of anilines is 1. The summed E-state index contributed by atoms with van der Waals surface area (Å²) in [4.78, 5) is 0.382. The largest absolute Gasteiger partial charge is 0.382 e. The molecule has 0 aromatic heterocycles. The molecule has 6 heteroatoms. The van der Waals surface area contributed by atoms with Gasteiger partial charge in [-0.2, -0.15) is 4.31 Å². The Balaban J connectivity index is 1.62. The normalized spacial score (nSPS) is 16.9. The van der Waals surface area contributed by atoms with Gasteiger partial charge in [-0.3, -0.25) is 0 Å². The van der Waals surface area contributed by atoms with Crippen molar-refractivity contribution in [1.29, 1.82) is 0 Å². The fraction of sp³-hybridized carbons (Fsp3) is 0.333. The lowest BCUT2D eigenvalue weighted by atomic mass is 10.1. The molecule has 0 amide bonds. The van der Waals surface area contributed by atoms with Crippen LogP contribution in [0.3, 0.4) is 0 Å². The molecular formula is C18H21BrN2O2S. The fourth-order valence-corrected chi connectivity index (χ4v) is 4.62. The zero-order valence-electron chi connectivity index (χ0n) is 13.6. The van der Waals surface area contributed by atoms with E-state index < -0.39 is 10.0 Å². The van der Waals surface area contributed by atoms with Crippen LogP contribution in [0.1, 0.15) is 18.4 Å². The van der Waals surface area contributed by atoms with Gasteiger partial charge in [-0.25, -0.2) is 8.42 Å². The summed E-state index contributed by atoms with van der Waals surface area (Å²) < 4.78 is 28.0. The zero-order valence-corrected chi connectivity index (χ0v) is 16.0. The van der Waals surface area contributed by atoms with Gasteiger partial charge in [0.25, 0.3) is 0 Å². The van der Waals surface area contributed by atoms with Crippen LogP contribution in [0.5, 0.6) is 0 Å². The molecule has 1 aliphatic heterocycles. The number of hydrogen-bond donors (Lipinski definition) is 1. The third-order valence-electron chi connectivity index (χ3n) is 4.33. The van der Waals surface area contributed by atoms with Gasteiger partial charge in [0.15, 0.2) is 0 Å². The Labute approximate surface area is 152 Å². The number of hydrogen-bond acceptors (Lipinski definition) is 3. The summed E-state index contributed by atoms with van der Waals surface area (Å²) in [5.41, 5.74) is 2.13. The molecule has 1 saturated heterocycles. The highest BCUT2D eigenvalue weighted by molar-refractivity contribution is 9.10. The minimum absolute atomic E-state index is 0.302. The first kappa shape index (κ1) is 17.5. The highest BCUT2D eigenvalue weighted by Gasteiger charge is 2.29. The Morgan fingerprint density at radius 3 is 2.17 bits per heavy atom. The molecule has 4 nitrogen and oxygen atoms in total. The first-order valence-electron chi connectivity index (χ1n) is 8.04. The second-order valence-corrected chi connectivity index (χ2v) is 9.00. The SMILES string of the molecule is Cc1ccc(S(=O)(=O)N2CCC(Nc3ccc(Br)cc3)CC2)cc1. The van der Waals surface area contributed by atoms with Crippen LogP contribution >= 0.6 is 15.9 Å². The lowest BCUT2D eigenvalue weighted by Gasteiger charge is -2.32. The van der Waals surface area contributed by atoms with Crippen LogP contribution in [0, 0.1) is 6.92 Å². The average Bonchev–Trinajstić information content (AvgIpc) is 2.58. The van der Waals surface area contributed by atoms with E-state index in [9.17, 15) is 8.42 Å². The van der Waals surface area contributed by atoms with Crippen molar-refractivity contribution < 1.29 is 8.42 Å². The van der Waals surface area contributed by atoms with Crippen LogP contribution in [0.25, 0.3) is 0 Å². The molecule has 0 saturated carbocycles. The van der Waals surface area contributed by atoms with E-state index in [1.54, 1.807) is 16.4 Å². The summed E-state index contributed by atoms with van der Waals surface area (Å²) >= 11 is 3.43. The Morgan fingerprint density at radius 2 is 1.58 bits per heavy atom. The van der Waals surface area contributed by atoms with Gasteiger partial charge in [0.2, 0.25) is 10.0 Å². The second-order valence-electron chi connectivity index (χ2n) is 6.14. The number of rotatable bonds is 4. The Morgan fingerprint density at radius 1 is 1.00 bits per heavy atom. The molecule has 128 valence electrons. The summed E-state index contributed by atoms with van der Waals surface area (Å²) in [5, 5.41) is 3.48. The third kappa shape index (κ3) is 3.99. The molecule has 2 aromatic carbocycles. The highest BCUT2D eigenvalue weighted by Crippen LogP contribution is 2.23. The third-order valence-corrected chi connectivity index (χ3v) is 6.77. The van der Waals surface area contributed by atoms with Gasteiger partial charge in [0.1, 0.15) is 0 Å². The Kier molecular flexibility index (Phi) is 5.27. The number of benzene rings is 2. The fourth-order valence-electron chi connectivity index (χ4n) is 2.88. The van der Waals surface area contributed by atoms with Gasteiger partial charge >= 0.3 is 0 Å². The summed E-state index contributed by atoms with van der Waals surface area (Å²) in [6, 6.07) is 15.4. The topological polar surface area (TPSA) is 49.4 Å². The lowest BCUT2D eigenvalue weighted by Crippen LogP contribution is -2.42. The molecule has 0 unspecified atom stereocenters. The number of piperidine rings is 1. The monoisotopic (exact) mass is 408 g/mol. The van der Waals surface area contributed by atoms with Crippen molar-refractivity contribution in [3.63, 3.8) is 0 Å². The van der Waals surface area contributed by atoms with Gasteiger partial charge in [0, 0.05) is 29.3 Å². The summed E-state index contributed by atoms with van der Waals surface area (Å²) in [5.74, 6) is 0. The molecule has 0 atom stereocenters. The van der Waals surface area contributed by atoms with Gasteiger partial charge in [0.05, 0.1) is 4.90 Å². The molecule has 3 rings (SSSR count). The Bertz CT molecular complexity index is 781. The molecule has 1 N–H and O–H groups in total. The summed E-state index contributed by atoms with van der Waals surface area (Å²) in [6.07, 6.45) is 1.61. The van der Waals surface area contributed by atoms with Crippen molar-refractivity contribution in [1.82, 2.24) is 4.31 Å². The number of nitrogens with one attached hydrogen (secondary N) is 1. The van der Waals surface area contributed by atoms with E-state index >= 15 is 0 Å². The Hall–Kier alpha value is -1.37. The van der Waals surface area contributed by atoms with E-state index in [-0.39, 0.29) is 0 Å². The van der Waals surface area contributed by atoms with Crippen LogP contribution in [-0.2, 0) is 10.0 Å². The molecule has 24 heavy (non-hydrogen) atoms. The summed E-state index contributed by atoms with van der Waals surface area (Å²) in [6.45, 7) is 3.05. The molecule has 0 spiro atoms. The van der Waals surface area contributed by atoms with Gasteiger partial charge in [-0.1, -0.05) is 33.6 Å². The first-order chi connectivity index (χ1) is 11.4. The van der Waals surface area contributed by atoms with E-state index in [2.05, 4.69) is 21.2 Å².